The molecule has 0 aromatic heterocycles. The molecular formula is C13H20F6O4S. The van der Waals surface area contributed by atoms with Gasteiger partial charge in [0.05, 0.1) is 25.2 Å². The first kappa shape index (κ1) is 23.0. The van der Waals surface area contributed by atoms with E-state index in [1.165, 1.54) is 6.92 Å². The maximum absolute atomic E-state index is 12.8. The lowest BCUT2D eigenvalue weighted by Gasteiger charge is -2.29. The van der Waals surface area contributed by atoms with Crippen molar-refractivity contribution in [3.8, 4) is 0 Å². The molecule has 0 radical (unpaired) electrons. The zero-order chi connectivity index (χ0) is 19.4. The van der Waals surface area contributed by atoms with E-state index in [1.54, 1.807) is 0 Å². The van der Waals surface area contributed by atoms with Gasteiger partial charge in [0, 0.05) is 0 Å². The van der Waals surface area contributed by atoms with E-state index in [2.05, 4.69) is 4.74 Å². The van der Waals surface area contributed by atoms with E-state index >= 15 is 0 Å². The first-order valence-electron chi connectivity index (χ1n) is 7.05. The van der Waals surface area contributed by atoms with Gasteiger partial charge < -0.3 is 4.74 Å². The molecule has 0 spiro atoms. The van der Waals surface area contributed by atoms with E-state index in [1.807, 2.05) is 0 Å². The summed E-state index contributed by atoms with van der Waals surface area (Å²) in [7, 11) is -3.86. The maximum Gasteiger partial charge on any atom is 0.391 e. The van der Waals surface area contributed by atoms with Gasteiger partial charge in [0.15, 0.2) is 14.6 Å². The number of rotatable bonds is 8. The molecule has 0 N–H and O–H groups in total. The van der Waals surface area contributed by atoms with Crippen LogP contribution in [0, 0.1) is 5.92 Å². The third-order valence-corrected chi connectivity index (χ3v) is 6.37. The normalized spacial score (nSPS) is 17.2. The minimum absolute atomic E-state index is 0.344. The Morgan fingerprint density at radius 1 is 1.08 bits per heavy atom. The zero-order valence-corrected chi connectivity index (χ0v) is 14.2. The Kier molecular flexibility index (Phi) is 7.59. The second-order valence-corrected chi connectivity index (χ2v) is 8.13. The molecule has 144 valence electrons. The lowest BCUT2D eigenvalue weighted by molar-refractivity contribution is -0.178. The molecule has 0 aliphatic rings. The third kappa shape index (κ3) is 6.14. The highest BCUT2D eigenvalue weighted by atomic mass is 32.2. The number of ether oxygens (including phenoxy) is 1. The van der Waals surface area contributed by atoms with Crippen LogP contribution in [0.5, 0.6) is 0 Å². The molecule has 2 unspecified atom stereocenters. The molecule has 4 nitrogen and oxygen atoms in total. The summed E-state index contributed by atoms with van der Waals surface area (Å²) in [6.45, 7) is 2.04. The minimum atomic E-state index is -4.78. The second-order valence-electron chi connectivity index (χ2n) is 5.59. The van der Waals surface area contributed by atoms with Crippen LogP contribution < -0.4 is 0 Å². The number of alkyl halides is 6. The smallest absolute Gasteiger partial charge is 0.391 e. The second kappa shape index (κ2) is 7.92. The van der Waals surface area contributed by atoms with E-state index in [0.717, 1.165) is 14.0 Å². The maximum atomic E-state index is 12.8. The van der Waals surface area contributed by atoms with Crippen LogP contribution in [0.25, 0.3) is 0 Å². The monoisotopic (exact) mass is 386 g/mol. The molecule has 2 atom stereocenters. The molecule has 0 aliphatic heterocycles. The van der Waals surface area contributed by atoms with Gasteiger partial charge in [-0.1, -0.05) is 6.92 Å². The molecule has 11 heteroatoms. The molecule has 0 fully saturated rings. The van der Waals surface area contributed by atoms with Crippen LogP contribution >= 0.6 is 0 Å². The van der Waals surface area contributed by atoms with Gasteiger partial charge in [-0.2, -0.15) is 26.3 Å². The highest BCUT2D eigenvalue weighted by Gasteiger charge is 2.50. The van der Waals surface area contributed by atoms with E-state index in [0.29, 0.717) is 0 Å². The van der Waals surface area contributed by atoms with Crippen LogP contribution in [-0.2, 0) is 19.4 Å². The van der Waals surface area contributed by atoms with E-state index in [-0.39, 0.29) is 6.42 Å². The fourth-order valence-electron chi connectivity index (χ4n) is 2.12. The van der Waals surface area contributed by atoms with Crippen molar-refractivity contribution in [3.05, 3.63) is 0 Å². The fourth-order valence-corrected chi connectivity index (χ4v) is 3.84. The fraction of sp³-hybridized carbons (Fsp3) is 0.923. The molecule has 0 bridgehead atoms. The summed E-state index contributed by atoms with van der Waals surface area (Å²) in [6, 6.07) is 0. The number of hydrogen-bond acceptors (Lipinski definition) is 4. The van der Waals surface area contributed by atoms with Crippen molar-refractivity contribution in [1.82, 2.24) is 0 Å². The van der Waals surface area contributed by atoms with Gasteiger partial charge in [-0.15, -0.1) is 0 Å². The molecule has 0 saturated heterocycles. The summed E-state index contributed by atoms with van der Waals surface area (Å²) in [5, 5.41) is 0. The van der Waals surface area contributed by atoms with Gasteiger partial charge in [0.2, 0.25) is 0 Å². The van der Waals surface area contributed by atoms with Gasteiger partial charge in [0.25, 0.3) is 0 Å². The van der Waals surface area contributed by atoms with Crippen molar-refractivity contribution in [2.45, 2.75) is 56.6 Å². The summed E-state index contributed by atoms with van der Waals surface area (Å²) in [5.41, 5.74) is 0. The lowest BCUT2D eigenvalue weighted by atomic mass is 9.94. The van der Waals surface area contributed by atoms with Gasteiger partial charge in [-0.05, 0) is 26.2 Å². The predicted molar refractivity (Wildman–Crippen MR) is 73.9 cm³/mol. The van der Waals surface area contributed by atoms with Crippen LogP contribution in [-0.4, -0.2) is 44.3 Å². The molecular weight excluding hydrogens is 366 g/mol. The first-order valence-corrected chi connectivity index (χ1v) is 8.70. The van der Waals surface area contributed by atoms with Crippen molar-refractivity contribution in [3.63, 3.8) is 0 Å². The van der Waals surface area contributed by atoms with Gasteiger partial charge in [-0.25, -0.2) is 8.42 Å². The predicted octanol–water partition coefficient (Wildman–Crippen LogP) is 3.65. The molecule has 24 heavy (non-hydrogen) atoms. The SMILES string of the molecule is CCC(CCC(C)(C(=O)OC)S(=O)(=O)CCC(F)(F)F)C(F)(F)F. The number of hydrogen-bond donors (Lipinski definition) is 0. The molecule has 0 rings (SSSR count). The number of esters is 1. The number of halogens is 6. The van der Waals surface area contributed by atoms with Crippen LogP contribution in [0.4, 0.5) is 26.3 Å². The largest absolute Gasteiger partial charge is 0.468 e. The van der Waals surface area contributed by atoms with Crippen molar-refractivity contribution in [2.24, 2.45) is 5.92 Å². The number of sulfone groups is 1. The molecule has 0 aromatic carbocycles. The third-order valence-electron chi connectivity index (χ3n) is 3.88. The van der Waals surface area contributed by atoms with Crippen LogP contribution in [0.15, 0.2) is 0 Å². The standard InChI is InChI=1S/C13H20F6O4S/c1-4-9(13(17,18)19)5-6-11(2,10(20)23-3)24(21,22)8-7-12(14,15)16/h9H,4-8H2,1-3H3. The molecule has 0 heterocycles. The highest BCUT2D eigenvalue weighted by Crippen LogP contribution is 2.37. The first-order chi connectivity index (χ1) is 10.6. The molecule has 0 saturated carbocycles. The summed E-state index contributed by atoms with van der Waals surface area (Å²) >= 11 is 0. The van der Waals surface area contributed by atoms with Crippen LogP contribution in [0.2, 0.25) is 0 Å². The average Bonchev–Trinajstić information content (AvgIpc) is 2.42. The Morgan fingerprint density at radius 3 is 1.92 bits per heavy atom. The Balaban J connectivity index is 5.46. The molecule has 0 aromatic rings. The quantitative estimate of drug-likeness (QED) is 0.472. The average molecular weight is 386 g/mol. The Bertz CT molecular complexity index is 526. The van der Waals surface area contributed by atoms with E-state index in [4.69, 9.17) is 0 Å². The van der Waals surface area contributed by atoms with Crippen molar-refractivity contribution in [1.29, 1.82) is 0 Å². The summed E-state index contributed by atoms with van der Waals surface area (Å²) in [5.74, 6) is -4.63. The van der Waals surface area contributed by atoms with Crippen molar-refractivity contribution < 1.29 is 44.3 Å². The van der Waals surface area contributed by atoms with Gasteiger partial charge in [-0.3, -0.25) is 4.79 Å². The van der Waals surface area contributed by atoms with E-state index in [9.17, 15) is 39.6 Å². The lowest BCUT2D eigenvalue weighted by Crippen LogP contribution is -2.47. The Hall–Kier alpha value is -1.00. The number of carbonyl (C=O) groups is 1. The van der Waals surface area contributed by atoms with Crippen molar-refractivity contribution in [2.75, 3.05) is 12.9 Å². The Morgan fingerprint density at radius 2 is 1.58 bits per heavy atom. The van der Waals surface area contributed by atoms with E-state index < -0.39 is 63.8 Å². The van der Waals surface area contributed by atoms with Gasteiger partial charge >= 0.3 is 18.3 Å². The number of methoxy groups -OCH3 is 1. The summed E-state index contributed by atoms with van der Waals surface area (Å²) < 4.78 is 101. The van der Waals surface area contributed by atoms with Gasteiger partial charge in [0.1, 0.15) is 0 Å². The summed E-state index contributed by atoms with van der Waals surface area (Å²) in [4.78, 5) is 11.8. The minimum Gasteiger partial charge on any atom is -0.468 e. The van der Waals surface area contributed by atoms with Crippen molar-refractivity contribution >= 4 is 15.8 Å². The zero-order valence-electron chi connectivity index (χ0n) is 13.4. The molecule has 0 amide bonds. The summed E-state index contributed by atoms with van der Waals surface area (Å²) in [6.07, 6.45) is -12.9. The van der Waals surface area contributed by atoms with Crippen LogP contribution in [0.3, 0.4) is 0 Å². The topological polar surface area (TPSA) is 60.4 Å². The highest BCUT2D eigenvalue weighted by molar-refractivity contribution is 7.93. The molecule has 0 aliphatic carbocycles. The Labute approximate surface area is 136 Å². The van der Waals surface area contributed by atoms with Crippen LogP contribution in [0.1, 0.15) is 39.5 Å². The number of carbonyl (C=O) groups excluding carboxylic acids is 1.